The largest absolute Gasteiger partial charge is 0.324 e. The van der Waals surface area contributed by atoms with Gasteiger partial charge >= 0.3 is 0 Å². The van der Waals surface area contributed by atoms with E-state index < -0.39 is 12.0 Å². The minimum Gasteiger partial charge on any atom is -0.324 e. The number of benzene rings is 1. The predicted octanol–water partition coefficient (Wildman–Crippen LogP) is 2.66. The Morgan fingerprint density at radius 1 is 1.39 bits per heavy atom. The van der Waals surface area contributed by atoms with Crippen LogP contribution in [0.25, 0.3) is 0 Å². The van der Waals surface area contributed by atoms with E-state index in [9.17, 15) is 13.6 Å². The van der Waals surface area contributed by atoms with Crippen LogP contribution in [0, 0.1) is 0 Å². The molecule has 0 unspecified atom stereocenters. The first-order valence-corrected chi connectivity index (χ1v) is 5.83. The lowest BCUT2D eigenvalue weighted by molar-refractivity contribution is -0.121. The number of carbonyl (C=O) groups is 1. The quantitative estimate of drug-likeness (QED) is 0.896. The zero-order valence-electron chi connectivity index (χ0n) is 10.4. The molecule has 0 radical (unpaired) electrons. The minimum atomic E-state index is -2.52. The molecule has 1 aromatic carbocycles. The number of anilines is 1. The van der Waals surface area contributed by atoms with Crippen LogP contribution in [0.15, 0.2) is 24.3 Å². The highest BCUT2D eigenvalue weighted by Crippen LogP contribution is 2.41. The zero-order chi connectivity index (χ0) is 13.3. The van der Waals surface area contributed by atoms with E-state index in [-0.39, 0.29) is 11.5 Å². The monoisotopic (exact) mass is 254 g/mol. The number of rotatable bonds is 4. The average Bonchev–Trinajstić information content (AvgIpc) is 3.10. The average molecular weight is 254 g/mol. The summed E-state index contributed by atoms with van der Waals surface area (Å²) in [4.78, 5) is 14.0. The van der Waals surface area contributed by atoms with E-state index in [1.807, 2.05) is 19.0 Å². The molecule has 1 N–H and O–H groups in total. The number of alkyl halides is 2. The maximum absolute atomic E-state index is 12.5. The summed E-state index contributed by atoms with van der Waals surface area (Å²) < 4.78 is 25.1. The molecule has 1 amide bonds. The molecule has 3 nitrogen and oxygen atoms in total. The molecule has 2 rings (SSSR count). The van der Waals surface area contributed by atoms with Crippen molar-refractivity contribution in [1.82, 2.24) is 4.90 Å². The van der Waals surface area contributed by atoms with E-state index in [2.05, 4.69) is 5.32 Å². The van der Waals surface area contributed by atoms with Gasteiger partial charge in [0, 0.05) is 11.3 Å². The lowest BCUT2D eigenvalue weighted by atomic mass is 10.2. The molecule has 1 aromatic rings. The molecule has 1 saturated carbocycles. The van der Waals surface area contributed by atoms with Crippen LogP contribution in [-0.2, 0) is 4.79 Å². The van der Waals surface area contributed by atoms with Crippen molar-refractivity contribution in [3.63, 3.8) is 0 Å². The van der Waals surface area contributed by atoms with Gasteiger partial charge in [0.05, 0.1) is 0 Å². The van der Waals surface area contributed by atoms with Crippen molar-refractivity contribution >= 4 is 11.6 Å². The van der Waals surface area contributed by atoms with E-state index in [1.165, 1.54) is 18.2 Å². The minimum absolute atomic E-state index is 0.0810. The molecule has 18 heavy (non-hydrogen) atoms. The maximum atomic E-state index is 12.5. The first-order chi connectivity index (χ1) is 8.45. The number of hydrogen-bond acceptors (Lipinski definition) is 2. The second kappa shape index (κ2) is 4.65. The molecule has 0 aromatic heterocycles. The zero-order valence-corrected chi connectivity index (χ0v) is 10.4. The summed E-state index contributed by atoms with van der Waals surface area (Å²) in [6, 6.07) is 5.80. The van der Waals surface area contributed by atoms with Crippen molar-refractivity contribution in [3.8, 4) is 0 Å². The molecule has 5 heteroatoms. The molecule has 1 fully saturated rings. The first kappa shape index (κ1) is 13.0. The van der Waals surface area contributed by atoms with Crippen molar-refractivity contribution in [2.45, 2.75) is 24.8 Å². The Morgan fingerprint density at radius 2 is 2.06 bits per heavy atom. The molecular formula is C13H16F2N2O. The number of carbonyl (C=O) groups excluding carboxylic acids is 1. The molecule has 98 valence electrons. The summed E-state index contributed by atoms with van der Waals surface area (Å²) in [5.41, 5.74) is -0.116. The molecule has 0 saturated heterocycles. The maximum Gasteiger partial charge on any atom is 0.263 e. The van der Waals surface area contributed by atoms with Gasteiger partial charge in [-0.2, -0.15) is 0 Å². The van der Waals surface area contributed by atoms with Crippen LogP contribution < -0.4 is 5.32 Å². The lowest BCUT2D eigenvalue weighted by Crippen LogP contribution is -2.42. The van der Waals surface area contributed by atoms with E-state index in [4.69, 9.17) is 0 Å². The van der Waals surface area contributed by atoms with Gasteiger partial charge in [0.1, 0.15) is 5.54 Å². The van der Waals surface area contributed by atoms with E-state index >= 15 is 0 Å². The summed E-state index contributed by atoms with van der Waals surface area (Å²) in [6.45, 7) is 0. The van der Waals surface area contributed by atoms with E-state index in [0.29, 0.717) is 5.69 Å². The first-order valence-electron chi connectivity index (χ1n) is 5.83. The topological polar surface area (TPSA) is 32.3 Å². The van der Waals surface area contributed by atoms with Gasteiger partial charge in [-0.3, -0.25) is 9.69 Å². The highest BCUT2D eigenvalue weighted by Gasteiger charge is 2.51. The molecule has 0 bridgehead atoms. The van der Waals surface area contributed by atoms with Crippen molar-refractivity contribution in [3.05, 3.63) is 29.8 Å². The van der Waals surface area contributed by atoms with Crippen LogP contribution in [-0.4, -0.2) is 30.4 Å². The Morgan fingerprint density at radius 3 is 2.56 bits per heavy atom. The fourth-order valence-electron chi connectivity index (χ4n) is 2.00. The molecule has 0 aliphatic heterocycles. The SMILES string of the molecule is CN(C)C1(C(=O)Nc2cccc(C(F)F)c2)CC1. The molecule has 1 aliphatic carbocycles. The summed E-state index contributed by atoms with van der Waals surface area (Å²) in [6.07, 6.45) is -0.911. The van der Waals surface area contributed by atoms with E-state index in [1.54, 1.807) is 6.07 Å². The summed E-state index contributed by atoms with van der Waals surface area (Å²) in [5, 5.41) is 2.71. The van der Waals surface area contributed by atoms with Gasteiger partial charge in [-0.05, 0) is 39.1 Å². The van der Waals surface area contributed by atoms with Gasteiger partial charge in [-0.1, -0.05) is 12.1 Å². The number of likely N-dealkylation sites (N-methyl/N-ethyl adjacent to an activating group) is 1. The van der Waals surface area contributed by atoms with Crippen LogP contribution in [0.4, 0.5) is 14.5 Å². The van der Waals surface area contributed by atoms with Gasteiger partial charge in [0.2, 0.25) is 5.91 Å². The highest BCUT2D eigenvalue weighted by atomic mass is 19.3. The molecular weight excluding hydrogens is 238 g/mol. The number of nitrogens with one attached hydrogen (secondary N) is 1. The fraction of sp³-hybridized carbons (Fsp3) is 0.462. The Hall–Kier alpha value is -1.49. The summed E-state index contributed by atoms with van der Waals surface area (Å²) in [5.74, 6) is -0.126. The molecule has 0 spiro atoms. The second-order valence-electron chi connectivity index (χ2n) is 4.81. The van der Waals surface area contributed by atoms with Gasteiger partial charge in [-0.15, -0.1) is 0 Å². The lowest BCUT2D eigenvalue weighted by Gasteiger charge is -2.22. The van der Waals surface area contributed by atoms with Gasteiger partial charge in [0.15, 0.2) is 0 Å². The third-order valence-corrected chi connectivity index (χ3v) is 3.40. The number of hydrogen-bond donors (Lipinski definition) is 1. The Bertz CT molecular complexity index is 456. The summed E-state index contributed by atoms with van der Waals surface area (Å²) >= 11 is 0. The predicted molar refractivity (Wildman–Crippen MR) is 65.7 cm³/mol. The van der Waals surface area contributed by atoms with Crippen molar-refractivity contribution < 1.29 is 13.6 Å². The van der Waals surface area contributed by atoms with Crippen LogP contribution in [0.2, 0.25) is 0 Å². The normalized spacial score (nSPS) is 17.0. The van der Waals surface area contributed by atoms with Gasteiger partial charge in [-0.25, -0.2) is 8.78 Å². The van der Waals surface area contributed by atoms with E-state index in [0.717, 1.165) is 12.8 Å². The molecule has 0 atom stereocenters. The van der Waals surface area contributed by atoms with Crippen LogP contribution in [0.1, 0.15) is 24.8 Å². The Balaban J connectivity index is 2.10. The van der Waals surface area contributed by atoms with Crippen molar-refractivity contribution in [2.75, 3.05) is 19.4 Å². The van der Waals surface area contributed by atoms with Crippen molar-refractivity contribution in [2.24, 2.45) is 0 Å². The number of nitrogens with zero attached hydrogens (tertiary/aromatic N) is 1. The Kier molecular flexibility index (Phi) is 3.34. The fourth-order valence-corrected chi connectivity index (χ4v) is 2.00. The highest BCUT2D eigenvalue weighted by molar-refractivity contribution is 6.00. The molecule has 1 aliphatic rings. The summed E-state index contributed by atoms with van der Waals surface area (Å²) in [7, 11) is 3.70. The van der Waals surface area contributed by atoms with Crippen LogP contribution in [0.3, 0.4) is 0 Å². The standard InChI is InChI=1S/C13H16F2N2O/c1-17(2)13(6-7-13)12(18)16-10-5-3-4-9(8-10)11(14)15/h3-5,8,11H,6-7H2,1-2H3,(H,16,18). The van der Waals surface area contributed by atoms with Crippen LogP contribution in [0.5, 0.6) is 0 Å². The molecule has 0 heterocycles. The van der Waals surface area contributed by atoms with Gasteiger partial charge < -0.3 is 5.32 Å². The van der Waals surface area contributed by atoms with Gasteiger partial charge in [0.25, 0.3) is 6.43 Å². The smallest absolute Gasteiger partial charge is 0.263 e. The third-order valence-electron chi connectivity index (χ3n) is 3.40. The third kappa shape index (κ3) is 2.36. The second-order valence-corrected chi connectivity index (χ2v) is 4.81. The number of halogens is 2. The van der Waals surface area contributed by atoms with Crippen LogP contribution >= 0.6 is 0 Å². The van der Waals surface area contributed by atoms with Crippen molar-refractivity contribution in [1.29, 1.82) is 0 Å². The Labute approximate surface area is 105 Å². The number of amides is 1.